The highest BCUT2D eigenvalue weighted by atomic mass is 32.2. The number of hydrogen-bond donors (Lipinski definition) is 2. The molecule has 2 N–H and O–H groups in total. The lowest BCUT2D eigenvalue weighted by molar-refractivity contribution is -0.140. The maximum absolute atomic E-state index is 11.6. The Balaban J connectivity index is 2.35. The van der Waals surface area contributed by atoms with Crippen molar-refractivity contribution in [3.63, 3.8) is 0 Å². The van der Waals surface area contributed by atoms with Crippen LogP contribution in [0.1, 0.15) is 19.3 Å². The first-order chi connectivity index (χ1) is 7.53. The van der Waals surface area contributed by atoms with Crippen LogP contribution in [0, 0.1) is 0 Å². The van der Waals surface area contributed by atoms with Crippen molar-refractivity contribution in [1.29, 1.82) is 0 Å². The average molecular weight is 250 g/mol. The molecule has 7 heteroatoms. The minimum absolute atomic E-state index is 0.0589. The van der Waals surface area contributed by atoms with Gasteiger partial charge >= 0.3 is 5.97 Å². The number of nitrogens with one attached hydrogen (secondary N) is 2. The van der Waals surface area contributed by atoms with Gasteiger partial charge in [-0.15, -0.1) is 0 Å². The predicted octanol–water partition coefficient (Wildman–Crippen LogP) is -0.779. The van der Waals surface area contributed by atoms with E-state index in [-0.39, 0.29) is 18.2 Å². The molecular formula is C9H18N2O4S. The van der Waals surface area contributed by atoms with Gasteiger partial charge in [-0.05, 0) is 19.4 Å². The number of sulfonamides is 1. The van der Waals surface area contributed by atoms with Gasteiger partial charge in [-0.3, -0.25) is 4.79 Å². The van der Waals surface area contributed by atoms with Crippen LogP contribution in [-0.4, -0.2) is 46.4 Å². The Hall–Kier alpha value is -0.660. The lowest BCUT2D eigenvalue weighted by Crippen LogP contribution is -2.46. The Kier molecular flexibility index (Phi) is 5.17. The molecule has 0 spiro atoms. The number of methoxy groups -OCH3 is 1. The van der Waals surface area contributed by atoms with Crippen molar-refractivity contribution < 1.29 is 17.9 Å². The Morgan fingerprint density at radius 2 is 2.31 bits per heavy atom. The Morgan fingerprint density at radius 3 is 2.88 bits per heavy atom. The van der Waals surface area contributed by atoms with Crippen LogP contribution in [0.15, 0.2) is 0 Å². The van der Waals surface area contributed by atoms with Gasteiger partial charge in [0, 0.05) is 12.6 Å². The summed E-state index contributed by atoms with van der Waals surface area (Å²) >= 11 is 0. The van der Waals surface area contributed by atoms with Gasteiger partial charge in [-0.1, -0.05) is 0 Å². The van der Waals surface area contributed by atoms with Crippen LogP contribution in [0.5, 0.6) is 0 Å². The minimum atomic E-state index is -3.38. The van der Waals surface area contributed by atoms with Gasteiger partial charge in [0.25, 0.3) is 0 Å². The molecule has 1 heterocycles. The lowest BCUT2D eigenvalue weighted by Gasteiger charge is -2.23. The molecule has 1 saturated heterocycles. The van der Waals surface area contributed by atoms with E-state index in [0.717, 1.165) is 19.4 Å². The van der Waals surface area contributed by atoms with Gasteiger partial charge < -0.3 is 10.1 Å². The second kappa shape index (κ2) is 6.17. The Bertz CT molecular complexity index is 322. The van der Waals surface area contributed by atoms with Crippen LogP contribution < -0.4 is 10.0 Å². The summed E-state index contributed by atoms with van der Waals surface area (Å²) in [6.45, 7) is 1.58. The van der Waals surface area contributed by atoms with E-state index in [1.54, 1.807) is 0 Å². The molecule has 0 aromatic carbocycles. The Labute approximate surface area is 95.8 Å². The number of ether oxygens (including phenoxy) is 1. The van der Waals surface area contributed by atoms with Crippen molar-refractivity contribution in [3.05, 3.63) is 0 Å². The zero-order chi connectivity index (χ0) is 12.0. The molecule has 1 rings (SSSR count). The molecule has 16 heavy (non-hydrogen) atoms. The molecule has 1 fully saturated rings. The van der Waals surface area contributed by atoms with E-state index in [2.05, 4.69) is 14.8 Å². The number of carbonyl (C=O) groups is 1. The second-order valence-electron chi connectivity index (χ2n) is 3.81. The molecule has 0 aromatic rings. The fourth-order valence-electron chi connectivity index (χ4n) is 1.59. The summed E-state index contributed by atoms with van der Waals surface area (Å²) < 4.78 is 30.1. The minimum Gasteiger partial charge on any atom is -0.469 e. The molecule has 0 saturated carbocycles. The van der Waals surface area contributed by atoms with Crippen molar-refractivity contribution >= 4 is 16.0 Å². The molecule has 0 aliphatic carbocycles. The van der Waals surface area contributed by atoms with Gasteiger partial charge in [0.1, 0.15) is 0 Å². The van der Waals surface area contributed by atoms with Crippen LogP contribution in [-0.2, 0) is 19.6 Å². The predicted molar refractivity (Wildman–Crippen MR) is 59.4 cm³/mol. The molecule has 6 nitrogen and oxygen atoms in total. The van der Waals surface area contributed by atoms with Crippen LogP contribution in [0.3, 0.4) is 0 Å². The van der Waals surface area contributed by atoms with E-state index in [4.69, 9.17) is 0 Å². The van der Waals surface area contributed by atoms with E-state index >= 15 is 0 Å². The summed E-state index contributed by atoms with van der Waals surface area (Å²) in [5.41, 5.74) is 0. The zero-order valence-corrected chi connectivity index (χ0v) is 10.2. The van der Waals surface area contributed by atoms with E-state index in [9.17, 15) is 13.2 Å². The zero-order valence-electron chi connectivity index (χ0n) is 9.36. The molecule has 0 amide bonds. The summed E-state index contributed by atoms with van der Waals surface area (Å²) in [7, 11) is -2.13. The SMILES string of the molecule is COC(=O)CCS(=O)(=O)NC1CCCNC1. The highest BCUT2D eigenvalue weighted by Gasteiger charge is 2.20. The molecule has 1 atom stereocenters. The number of rotatable bonds is 5. The maximum Gasteiger partial charge on any atom is 0.306 e. The molecule has 1 unspecified atom stereocenters. The number of hydrogen-bond acceptors (Lipinski definition) is 5. The molecule has 1 aliphatic rings. The summed E-state index contributed by atoms with van der Waals surface area (Å²) in [5.74, 6) is -0.719. The fraction of sp³-hybridized carbons (Fsp3) is 0.889. The number of carbonyl (C=O) groups excluding carboxylic acids is 1. The summed E-state index contributed by atoms with van der Waals surface area (Å²) in [4.78, 5) is 10.8. The second-order valence-corrected chi connectivity index (χ2v) is 5.68. The first-order valence-electron chi connectivity index (χ1n) is 5.31. The summed E-state index contributed by atoms with van der Waals surface area (Å²) in [6.07, 6.45) is 1.70. The van der Waals surface area contributed by atoms with Crippen LogP contribution in [0.4, 0.5) is 0 Å². The molecular weight excluding hydrogens is 232 g/mol. The summed E-state index contributed by atoms with van der Waals surface area (Å²) in [5, 5.41) is 3.11. The van der Waals surface area contributed by atoms with Crippen molar-refractivity contribution in [2.24, 2.45) is 0 Å². The van der Waals surface area contributed by atoms with E-state index in [0.29, 0.717) is 6.54 Å². The highest BCUT2D eigenvalue weighted by Crippen LogP contribution is 2.03. The molecule has 0 radical (unpaired) electrons. The van der Waals surface area contributed by atoms with E-state index < -0.39 is 16.0 Å². The standard InChI is InChI=1S/C9H18N2O4S/c1-15-9(12)4-6-16(13,14)11-8-3-2-5-10-7-8/h8,10-11H,2-7H2,1H3. The molecule has 94 valence electrons. The first kappa shape index (κ1) is 13.4. The highest BCUT2D eigenvalue weighted by molar-refractivity contribution is 7.89. The van der Waals surface area contributed by atoms with Crippen LogP contribution in [0.25, 0.3) is 0 Å². The molecule has 0 bridgehead atoms. The topological polar surface area (TPSA) is 84.5 Å². The molecule has 0 aromatic heterocycles. The number of piperidine rings is 1. The van der Waals surface area contributed by atoms with Gasteiger partial charge in [0.05, 0.1) is 19.3 Å². The monoisotopic (exact) mass is 250 g/mol. The molecule has 1 aliphatic heterocycles. The number of esters is 1. The third-order valence-corrected chi connectivity index (χ3v) is 3.88. The largest absolute Gasteiger partial charge is 0.469 e. The third-order valence-electron chi connectivity index (χ3n) is 2.45. The van der Waals surface area contributed by atoms with Crippen molar-refractivity contribution in [3.8, 4) is 0 Å². The maximum atomic E-state index is 11.6. The van der Waals surface area contributed by atoms with Crippen molar-refractivity contribution in [1.82, 2.24) is 10.0 Å². The Morgan fingerprint density at radius 1 is 1.56 bits per heavy atom. The van der Waals surface area contributed by atoms with Gasteiger partial charge in [-0.2, -0.15) is 0 Å². The normalized spacial score (nSPS) is 21.7. The first-order valence-corrected chi connectivity index (χ1v) is 6.96. The quantitative estimate of drug-likeness (QED) is 0.625. The van der Waals surface area contributed by atoms with Gasteiger partial charge in [0.2, 0.25) is 10.0 Å². The summed E-state index contributed by atoms with van der Waals surface area (Å²) in [6, 6.07) is -0.0589. The lowest BCUT2D eigenvalue weighted by atomic mass is 10.1. The van der Waals surface area contributed by atoms with Crippen molar-refractivity contribution in [2.45, 2.75) is 25.3 Å². The third kappa shape index (κ3) is 4.91. The average Bonchev–Trinajstić information content (AvgIpc) is 2.27. The smallest absolute Gasteiger partial charge is 0.306 e. The van der Waals surface area contributed by atoms with Crippen LogP contribution in [0.2, 0.25) is 0 Å². The van der Waals surface area contributed by atoms with Gasteiger partial charge in [-0.25, -0.2) is 13.1 Å². The van der Waals surface area contributed by atoms with Crippen LogP contribution >= 0.6 is 0 Å². The van der Waals surface area contributed by atoms with Crippen molar-refractivity contribution in [2.75, 3.05) is 26.0 Å². The van der Waals surface area contributed by atoms with E-state index in [1.807, 2.05) is 0 Å². The van der Waals surface area contributed by atoms with E-state index in [1.165, 1.54) is 7.11 Å². The van der Waals surface area contributed by atoms with Gasteiger partial charge in [0.15, 0.2) is 0 Å². The fourth-order valence-corrected chi connectivity index (χ4v) is 2.85.